The summed E-state index contributed by atoms with van der Waals surface area (Å²) in [7, 11) is 1.62. The summed E-state index contributed by atoms with van der Waals surface area (Å²) in [6, 6.07) is 3.85. The van der Waals surface area contributed by atoms with Gasteiger partial charge in [0.25, 0.3) is 5.91 Å². The summed E-state index contributed by atoms with van der Waals surface area (Å²) in [5, 5.41) is 2.59. The lowest BCUT2D eigenvalue weighted by atomic mass is 10.1. The van der Waals surface area contributed by atoms with E-state index in [-0.39, 0.29) is 5.91 Å². The fourth-order valence-electron chi connectivity index (χ4n) is 1.91. The van der Waals surface area contributed by atoms with Crippen LogP contribution in [0.25, 0.3) is 0 Å². The van der Waals surface area contributed by atoms with Crippen LogP contribution in [0.3, 0.4) is 0 Å². The SMILES string of the molecule is CCCN(CC)CCc1ccnc(C(=O)NC)c1. The lowest BCUT2D eigenvalue weighted by molar-refractivity contribution is 0.0958. The molecule has 0 aliphatic carbocycles. The maximum atomic E-state index is 11.5. The Morgan fingerprint density at radius 3 is 2.78 bits per heavy atom. The van der Waals surface area contributed by atoms with E-state index in [1.54, 1.807) is 13.2 Å². The van der Waals surface area contributed by atoms with Crippen LogP contribution in [0.2, 0.25) is 0 Å². The molecule has 0 atom stereocenters. The summed E-state index contributed by atoms with van der Waals surface area (Å²) in [6.07, 6.45) is 3.84. The average Bonchev–Trinajstić information content (AvgIpc) is 2.42. The summed E-state index contributed by atoms with van der Waals surface area (Å²) in [6.45, 7) is 7.60. The van der Waals surface area contributed by atoms with Crippen LogP contribution in [0.15, 0.2) is 18.3 Å². The van der Waals surface area contributed by atoms with Crippen LogP contribution in [0.4, 0.5) is 0 Å². The van der Waals surface area contributed by atoms with E-state index in [0.717, 1.165) is 31.6 Å². The molecule has 0 aliphatic heterocycles. The molecule has 0 bridgehead atoms. The molecular formula is C14H23N3O. The molecule has 18 heavy (non-hydrogen) atoms. The molecule has 0 aliphatic rings. The first kappa shape index (κ1) is 14.6. The van der Waals surface area contributed by atoms with Gasteiger partial charge in [-0.1, -0.05) is 13.8 Å². The number of nitrogens with one attached hydrogen (secondary N) is 1. The van der Waals surface area contributed by atoms with Gasteiger partial charge in [-0.3, -0.25) is 9.78 Å². The van der Waals surface area contributed by atoms with Crippen molar-refractivity contribution in [2.45, 2.75) is 26.7 Å². The third-order valence-corrected chi connectivity index (χ3v) is 2.99. The zero-order valence-corrected chi connectivity index (χ0v) is 11.6. The van der Waals surface area contributed by atoms with Crippen molar-refractivity contribution in [1.82, 2.24) is 15.2 Å². The highest BCUT2D eigenvalue weighted by atomic mass is 16.1. The molecule has 0 aromatic carbocycles. The quantitative estimate of drug-likeness (QED) is 0.800. The van der Waals surface area contributed by atoms with Gasteiger partial charge in [0.15, 0.2) is 0 Å². The van der Waals surface area contributed by atoms with E-state index >= 15 is 0 Å². The topological polar surface area (TPSA) is 45.2 Å². The van der Waals surface area contributed by atoms with Crippen LogP contribution >= 0.6 is 0 Å². The Morgan fingerprint density at radius 2 is 2.17 bits per heavy atom. The van der Waals surface area contributed by atoms with Gasteiger partial charge < -0.3 is 10.2 Å². The van der Waals surface area contributed by atoms with Crippen LogP contribution in [0.5, 0.6) is 0 Å². The predicted octanol–water partition coefficient (Wildman–Crippen LogP) is 1.72. The molecule has 1 aromatic rings. The minimum absolute atomic E-state index is 0.127. The normalized spacial score (nSPS) is 10.7. The summed E-state index contributed by atoms with van der Waals surface area (Å²) in [5.74, 6) is -0.127. The maximum absolute atomic E-state index is 11.5. The Hall–Kier alpha value is -1.42. The lowest BCUT2D eigenvalue weighted by Gasteiger charge is -2.19. The molecule has 4 nitrogen and oxygen atoms in total. The fraction of sp³-hybridized carbons (Fsp3) is 0.571. The summed E-state index contributed by atoms with van der Waals surface area (Å²) < 4.78 is 0. The number of aromatic nitrogens is 1. The van der Waals surface area contributed by atoms with Gasteiger partial charge in [-0.2, -0.15) is 0 Å². The molecule has 1 aromatic heterocycles. The number of likely N-dealkylation sites (N-methyl/N-ethyl adjacent to an activating group) is 1. The Balaban J connectivity index is 2.59. The second kappa shape index (κ2) is 7.82. The van der Waals surface area contributed by atoms with Crippen LogP contribution in [-0.4, -0.2) is 42.5 Å². The van der Waals surface area contributed by atoms with Crippen LogP contribution in [0, 0.1) is 0 Å². The Morgan fingerprint density at radius 1 is 1.39 bits per heavy atom. The van der Waals surface area contributed by atoms with E-state index in [4.69, 9.17) is 0 Å². The van der Waals surface area contributed by atoms with Gasteiger partial charge in [0, 0.05) is 19.8 Å². The molecule has 4 heteroatoms. The third-order valence-electron chi connectivity index (χ3n) is 2.99. The standard InChI is InChI=1S/C14H23N3O/c1-4-9-17(5-2)10-7-12-6-8-16-13(11-12)14(18)15-3/h6,8,11H,4-5,7,9-10H2,1-3H3,(H,15,18). The van der Waals surface area contributed by atoms with Gasteiger partial charge in [-0.05, 0) is 43.6 Å². The summed E-state index contributed by atoms with van der Waals surface area (Å²) in [5.41, 5.74) is 1.66. The highest BCUT2D eigenvalue weighted by molar-refractivity contribution is 5.92. The van der Waals surface area contributed by atoms with Crippen molar-refractivity contribution in [2.75, 3.05) is 26.7 Å². The molecule has 1 rings (SSSR count). The fourth-order valence-corrected chi connectivity index (χ4v) is 1.91. The van der Waals surface area contributed by atoms with Crippen LogP contribution in [0.1, 0.15) is 36.3 Å². The smallest absolute Gasteiger partial charge is 0.269 e. The first-order chi connectivity index (χ1) is 8.71. The number of carbonyl (C=O) groups excluding carboxylic acids is 1. The van der Waals surface area contributed by atoms with E-state index in [1.807, 2.05) is 12.1 Å². The van der Waals surface area contributed by atoms with E-state index < -0.39 is 0 Å². The van der Waals surface area contributed by atoms with Crippen molar-refractivity contribution >= 4 is 5.91 Å². The molecule has 0 saturated heterocycles. The summed E-state index contributed by atoms with van der Waals surface area (Å²) in [4.78, 5) is 18.0. The Kier molecular flexibility index (Phi) is 6.36. The largest absolute Gasteiger partial charge is 0.354 e. The molecule has 0 saturated carbocycles. The van der Waals surface area contributed by atoms with Crippen LogP contribution in [-0.2, 0) is 6.42 Å². The molecule has 0 unspecified atom stereocenters. The van der Waals surface area contributed by atoms with Gasteiger partial charge in [0.1, 0.15) is 5.69 Å². The van der Waals surface area contributed by atoms with Crippen molar-refractivity contribution in [3.8, 4) is 0 Å². The number of hydrogen-bond donors (Lipinski definition) is 1. The van der Waals surface area contributed by atoms with Gasteiger partial charge in [0.2, 0.25) is 0 Å². The molecule has 100 valence electrons. The van der Waals surface area contributed by atoms with Gasteiger partial charge >= 0.3 is 0 Å². The molecule has 1 heterocycles. The monoisotopic (exact) mass is 249 g/mol. The zero-order chi connectivity index (χ0) is 13.4. The molecule has 0 radical (unpaired) electrons. The van der Waals surface area contributed by atoms with Crippen molar-refractivity contribution in [3.63, 3.8) is 0 Å². The first-order valence-corrected chi connectivity index (χ1v) is 6.60. The van der Waals surface area contributed by atoms with Gasteiger partial charge in [-0.15, -0.1) is 0 Å². The molecule has 0 spiro atoms. The second-order valence-electron chi connectivity index (χ2n) is 4.31. The molecular weight excluding hydrogens is 226 g/mol. The number of pyridine rings is 1. The van der Waals surface area contributed by atoms with Gasteiger partial charge in [0.05, 0.1) is 0 Å². The minimum atomic E-state index is -0.127. The number of hydrogen-bond acceptors (Lipinski definition) is 3. The highest BCUT2D eigenvalue weighted by Crippen LogP contribution is 2.04. The third kappa shape index (κ3) is 4.45. The van der Waals surface area contributed by atoms with E-state index in [0.29, 0.717) is 5.69 Å². The maximum Gasteiger partial charge on any atom is 0.269 e. The average molecular weight is 249 g/mol. The zero-order valence-electron chi connectivity index (χ0n) is 11.6. The lowest BCUT2D eigenvalue weighted by Crippen LogP contribution is -2.26. The Labute approximate surface area is 109 Å². The molecule has 0 fully saturated rings. The van der Waals surface area contributed by atoms with Crippen molar-refractivity contribution in [2.24, 2.45) is 0 Å². The number of rotatable bonds is 7. The van der Waals surface area contributed by atoms with Crippen molar-refractivity contribution in [1.29, 1.82) is 0 Å². The number of carbonyl (C=O) groups is 1. The van der Waals surface area contributed by atoms with E-state index in [1.165, 1.54) is 6.42 Å². The molecule has 1 amide bonds. The molecule has 1 N–H and O–H groups in total. The Bertz CT molecular complexity index is 379. The number of nitrogens with zero attached hydrogens (tertiary/aromatic N) is 2. The minimum Gasteiger partial charge on any atom is -0.354 e. The number of amides is 1. The summed E-state index contributed by atoms with van der Waals surface area (Å²) >= 11 is 0. The van der Waals surface area contributed by atoms with Crippen molar-refractivity contribution < 1.29 is 4.79 Å². The first-order valence-electron chi connectivity index (χ1n) is 6.60. The van der Waals surface area contributed by atoms with Crippen molar-refractivity contribution in [3.05, 3.63) is 29.6 Å². The van der Waals surface area contributed by atoms with E-state index in [2.05, 4.69) is 29.0 Å². The predicted molar refractivity (Wildman–Crippen MR) is 73.7 cm³/mol. The second-order valence-corrected chi connectivity index (χ2v) is 4.31. The highest BCUT2D eigenvalue weighted by Gasteiger charge is 2.06. The van der Waals surface area contributed by atoms with E-state index in [9.17, 15) is 4.79 Å². The van der Waals surface area contributed by atoms with Gasteiger partial charge in [-0.25, -0.2) is 0 Å². The van der Waals surface area contributed by atoms with Crippen LogP contribution < -0.4 is 5.32 Å².